The Morgan fingerprint density at radius 3 is 2.44 bits per heavy atom. The Bertz CT molecular complexity index is 282. The fourth-order valence-corrected chi connectivity index (χ4v) is 1.43. The maximum atomic E-state index is 5.28. The normalized spacial score (nSPS) is 10.2. The summed E-state index contributed by atoms with van der Waals surface area (Å²) >= 11 is 0. The van der Waals surface area contributed by atoms with Crippen LogP contribution in [0.2, 0.25) is 0 Å². The molecule has 1 N–H and O–H groups in total. The van der Waals surface area contributed by atoms with Crippen LogP contribution < -0.4 is 10.2 Å². The molecule has 0 aliphatic heterocycles. The van der Waals surface area contributed by atoms with Crippen molar-refractivity contribution in [2.75, 3.05) is 44.1 Å². The molecular formula is C13H22N2O. The summed E-state index contributed by atoms with van der Waals surface area (Å²) in [5.74, 6) is 0. The second-order valence-electron chi connectivity index (χ2n) is 3.92. The van der Waals surface area contributed by atoms with Crippen LogP contribution in [0.1, 0.15) is 13.3 Å². The molecule has 3 heteroatoms. The Morgan fingerprint density at radius 1 is 1.19 bits per heavy atom. The predicted molar refractivity (Wildman–Crippen MR) is 70.4 cm³/mol. The molecule has 1 rings (SSSR count). The highest BCUT2D eigenvalue weighted by Crippen LogP contribution is 2.15. The van der Waals surface area contributed by atoms with Crippen LogP contribution in [0.15, 0.2) is 24.3 Å². The Kier molecular flexibility index (Phi) is 5.72. The van der Waals surface area contributed by atoms with Crippen LogP contribution >= 0.6 is 0 Å². The van der Waals surface area contributed by atoms with Gasteiger partial charge >= 0.3 is 0 Å². The summed E-state index contributed by atoms with van der Waals surface area (Å²) in [4.78, 5) is 2.10. The lowest BCUT2D eigenvalue weighted by atomic mass is 10.2. The SMILES string of the molecule is CCOCCCNc1ccc(N(C)C)cc1. The summed E-state index contributed by atoms with van der Waals surface area (Å²) in [5, 5.41) is 3.37. The van der Waals surface area contributed by atoms with Gasteiger partial charge in [-0.1, -0.05) is 0 Å². The molecule has 0 spiro atoms. The van der Waals surface area contributed by atoms with Gasteiger partial charge in [-0.25, -0.2) is 0 Å². The van der Waals surface area contributed by atoms with E-state index in [9.17, 15) is 0 Å². The van der Waals surface area contributed by atoms with Crippen LogP contribution in [0.25, 0.3) is 0 Å². The van der Waals surface area contributed by atoms with Crippen molar-refractivity contribution in [2.45, 2.75) is 13.3 Å². The Hall–Kier alpha value is -1.22. The number of hydrogen-bond donors (Lipinski definition) is 1. The maximum absolute atomic E-state index is 5.28. The van der Waals surface area contributed by atoms with E-state index in [0.29, 0.717) is 0 Å². The van der Waals surface area contributed by atoms with Gasteiger partial charge in [-0.15, -0.1) is 0 Å². The smallest absolute Gasteiger partial charge is 0.0482 e. The number of anilines is 2. The zero-order chi connectivity index (χ0) is 11.8. The third-order valence-corrected chi connectivity index (χ3v) is 2.38. The Balaban J connectivity index is 2.27. The average Bonchev–Trinajstić information content (AvgIpc) is 2.29. The van der Waals surface area contributed by atoms with Crippen LogP contribution in [0.5, 0.6) is 0 Å². The average molecular weight is 222 g/mol. The molecule has 3 nitrogen and oxygen atoms in total. The van der Waals surface area contributed by atoms with Gasteiger partial charge in [-0.3, -0.25) is 0 Å². The molecule has 0 atom stereocenters. The van der Waals surface area contributed by atoms with Crippen LogP contribution in [-0.2, 0) is 4.74 Å². The largest absolute Gasteiger partial charge is 0.385 e. The van der Waals surface area contributed by atoms with Gasteiger partial charge in [0, 0.05) is 45.2 Å². The lowest BCUT2D eigenvalue weighted by Gasteiger charge is -2.13. The molecule has 1 aromatic rings. The number of rotatable bonds is 7. The molecule has 0 aliphatic carbocycles. The molecule has 0 radical (unpaired) electrons. The van der Waals surface area contributed by atoms with Crippen LogP contribution in [-0.4, -0.2) is 33.9 Å². The Morgan fingerprint density at radius 2 is 1.88 bits per heavy atom. The van der Waals surface area contributed by atoms with E-state index in [1.165, 1.54) is 11.4 Å². The van der Waals surface area contributed by atoms with E-state index in [0.717, 1.165) is 26.2 Å². The second-order valence-corrected chi connectivity index (χ2v) is 3.92. The molecule has 0 amide bonds. The molecule has 0 saturated carbocycles. The minimum atomic E-state index is 0.803. The number of nitrogens with one attached hydrogen (secondary N) is 1. The summed E-state index contributed by atoms with van der Waals surface area (Å²) in [6, 6.07) is 8.45. The number of benzene rings is 1. The number of nitrogens with zero attached hydrogens (tertiary/aromatic N) is 1. The van der Waals surface area contributed by atoms with Crippen LogP contribution in [0.3, 0.4) is 0 Å². The van der Waals surface area contributed by atoms with E-state index >= 15 is 0 Å². The molecule has 0 unspecified atom stereocenters. The molecule has 16 heavy (non-hydrogen) atoms. The van der Waals surface area contributed by atoms with E-state index in [-0.39, 0.29) is 0 Å². The zero-order valence-corrected chi connectivity index (χ0v) is 10.5. The standard InChI is InChI=1S/C13H22N2O/c1-4-16-11-5-10-14-12-6-8-13(9-7-12)15(2)3/h6-9,14H,4-5,10-11H2,1-3H3. The third kappa shape index (κ3) is 4.53. The third-order valence-electron chi connectivity index (χ3n) is 2.38. The van der Waals surface area contributed by atoms with Crippen molar-refractivity contribution in [3.05, 3.63) is 24.3 Å². The highest BCUT2D eigenvalue weighted by Gasteiger charge is 1.95. The van der Waals surface area contributed by atoms with Crippen molar-refractivity contribution in [3.63, 3.8) is 0 Å². The highest BCUT2D eigenvalue weighted by atomic mass is 16.5. The number of ether oxygens (including phenoxy) is 1. The van der Waals surface area contributed by atoms with Gasteiger partial charge in [0.15, 0.2) is 0 Å². The lowest BCUT2D eigenvalue weighted by Crippen LogP contribution is -2.09. The van der Waals surface area contributed by atoms with E-state index < -0.39 is 0 Å². The maximum Gasteiger partial charge on any atom is 0.0482 e. The predicted octanol–water partition coefficient (Wildman–Crippen LogP) is 2.59. The number of hydrogen-bond acceptors (Lipinski definition) is 3. The van der Waals surface area contributed by atoms with Crippen molar-refractivity contribution < 1.29 is 4.74 Å². The first-order valence-electron chi connectivity index (χ1n) is 5.83. The summed E-state index contributed by atoms with van der Waals surface area (Å²) in [7, 11) is 4.09. The van der Waals surface area contributed by atoms with E-state index in [2.05, 4.69) is 34.5 Å². The molecule has 0 heterocycles. The quantitative estimate of drug-likeness (QED) is 0.718. The first kappa shape index (κ1) is 12.8. The van der Waals surface area contributed by atoms with Crippen molar-refractivity contribution in [2.24, 2.45) is 0 Å². The van der Waals surface area contributed by atoms with Gasteiger partial charge in [0.05, 0.1) is 0 Å². The summed E-state index contributed by atoms with van der Waals surface area (Å²) in [5.41, 5.74) is 2.39. The van der Waals surface area contributed by atoms with Gasteiger partial charge in [-0.05, 0) is 37.6 Å². The molecule has 0 saturated heterocycles. The molecule has 0 aromatic heterocycles. The minimum absolute atomic E-state index is 0.803. The molecule has 0 bridgehead atoms. The first-order valence-corrected chi connectivity index (χ1v) is 5.83. The second kappa shape index (κ2) is 7.12. The highest BCUT2D eigenvalue weighted by molar-refractivity contribution is 5.54. The Labute approximate surface area is 98.4 Å². The van der Waals surface area contributed by atoms with Crippen LogP contribution in [0.4, 0.5) is 11.4 Å². The van der Waals surface area contributed by atoms with E-state index in [4.69, 9.17) is 4.74 Å². The molecular weight excluding hydrogens is 200 g/mol. The molecule has 0 aliphatic rings. The first-order chi connectivity index (χ1) is 7.74. The van der Waals surface area contributed by atoms with Crippen LogP contribution in [0, 0.1) is 0 Å². The van der Waals surface area contributed by atoms with E-state index in [1.54, 1.807) is 0 Å². The van der Waals surface area contributed by atoms with Gasteiger partial charge in [0.2, 0.25) is 0 Å². The molecule has 90 valence electrons. The van der Waals surface area contributed by atoms with Crippen molar-refractivity contribution in [1.29, 1.82) is 0 Å². The zero-order valence-electron chi connectivity index (χ0n) is 10.5. The topological polar surface area (TPSA) is 24.5 Å². The summed E-state index contributed by atoms with van der Waals surface area (Å²) < 4.78 is 5.28. The fraction of sp³-hybridized carbons (Fsp3) is 0.538. The van der Waals surface area contributed by atoms with Crippen molar-refractivity contribution in [1.82, 2.24) is 0 Å². The fourth-order valence-electron chi connectivity index (χ4n) is 1.43. The van der Waals surface area contributed by atoms with Crippen molar-refractivity contribution >= 4 is 11.4 Å². The molecule has 1 aromatic carbocycles. The van der Waals surface area contributed by atoms with Gasteiger partial charge in [0.25, 0.3) is 0 Å². The van der Waals surface area contributed by atoms with Gasteiger partial charge in [0.1, 0.15) is 0 Å². The summed E-state index contributed by atoms with van der Waals surface area (Å²) in [6.45, 7) is 4.62. The van der Waals surface area contributed by atoms with E-state index in [1.807, 2.05) is 21.0 Å². The van der Waals surface area contributed by atoms with Crippen molar-refractivity contribution in [3.8, 4) is 0 Å². The lowest BCUT2D eigenvalue weighted by molar-refractivity contribution is 0.147. The van der Waals surface area contributed by atoms with Gasteiger partial charge in [-0.2, -0.15) is 0 Å². The monoisotopic (exact) mass is 222 g/mol. The minimum Gasteiger partial charge on any atom is -0.385 e. The molecule has 0 fully saturated rings. The van der Waals surface area contributed by atoms with Gasteiger partial charge < -0.3 is 15.0 Å². The summed E-state index contributed by atoms with van der Waals surface area (Å²) in [6.07, 6.45) is 1.04.